The van der Waals surface area contributed by atoms with Crippen LogP contribution in [0.25, 0.3) is 10.9 Å². The van der Waals surface area contributed by atoms with Gasteiger partial charge in [0.1, 0.15) is 23.4 Å². The molecular formula is C36H40F4N6O6. The van der Waals surface area contributed by atoms with Crippen LogP contribution in [-0.4, -0.2) is 55.5 Å². The second kappa shape index (κ2) is 15.1. The van der Waals surface area contributed by atoms with Crippen molar-refractivity contribution >= 4 is 34.6 Å². The van der Waals surface area contributed by atoms with E-state index in [-0.39, 0.29) is 54.0 Å². The minimum Gasteiger partial charge on any atom is -0.475 e. The number of hydrogen-bond donors (Lipinski definition) is 5. The van der Waals surface area contributed by atoms with Gasteiger partial charge in [0.05, 0.1) is 17.5 Å². The molecule has 0 spiro atoms. The van der Waals surface area contributed by atoms with Crippen LogP contribution in [0.5, 0.6) is 0 Å². The lowest BCUT2D eigenvalue weighted by atomic mass is 9.78. The van der Waals surface area contributed by atoms with Crippen molar-refractivity contribution in [3.05, 3.63) is 82.4 Å². The first-order valence-corrected chi connectivity index (χ1v) is 17.0. The van der Waals surface area contributed by atoms with Crippen molar-refractivity contribution in [2.75, 3.05) is 0 Å². The average Bonchev–Trinajstić information content (AvgIpc) is 3.74. The number of carboxylic acids is 1. The number of halogens is 4. The molecule has 3 amide bonds. The lowest BCUT2D eigenvalue weighted by Gasteiger charge is -2.39. The van der Waals surface area contributed by atoms with E-state index in [9.17, 15) is 41.8 Å². The zero-order valence-electron chi connectivity index (χ0n) is 29.0. The van der Waals surface area contributed by atoms with E-state index < -0.39 is 70.6 Å². The number of aromatic nitrogens is 3. The van der Waals surface area contributed by atoms with Gasteiger partial charge < -0.3 is 30.6 Å². The van der Waals surface area contributed by atoms with Gasteiger partial charge in [0.25, 0.3) is 5.82 Å². The van der Waals surface area contributed by atoms with Crippen LogP contribution in [-0.2, 0) is 39.8 Å². The van der Waals surface area contributed by atoms with Crippen LogP contribution in [0.3, 0.4) is 0 Å². The largest absolute Gasteiger partial charge is 0.475 e. The van der Waals surface area contributed by atoms with E-state index in [1.165, 1.54) is 30.3 Å². The molecule has 16 heteroatoms. The maximum atomic E-state index is 14.6. The molecular weight excluding hydrogens is 688 g/mol. The van der Waals surface area contributed by atoms with Gasteiger partial charge >= 0.3 is 12.1 Å². The molecule has 5 rings (SSSR count). The van der Waals surface area contributed by atoms with Crippen molar-refractivity contribution in [1.29, 1.82) is 0 Å². The number of nitrogens with one attached hydrogen (secondary N) is 4. The van der Waals surface area contributed by atoms with Gasteiger partial charge in [-0.05, 0) is 53.1 Å². The Morgan fingerprint density at radius 3 is 2.37 bits per heavy atom. The van der Waals surface area contributed by atoms with Crippen molar-refractivity contribution in [3.8, 4) is 0 Å². The molecule has 0 saturated heterocycles. The topological polar surface area (TPSA) is 179 Å². The maximum absolute atomic E-state index is 14.6. The SMILES string of the molecule is CCC(C)C(NC(=O)Cc1ccccc1F)C(=O)NC1(C(=O)N[C@H](c2nc(C(=O)O)no2)C(C)CC)CCc2[nH]c3c(C(F)(F)F)cccc3c2C1. The Labute approximate surface area is 296 Å². The Bertz CT molecular complexity index is 1980. The fourth-order valence-electron chi connectivity index (χ4n) is 6.53. The number of amides is 3. The Hall–Kier alpha value is -5.28. The van der Waals surface area contributed by atoms with Crippen LogP contribution in [0.15, 0.2) is 47.0 Å². The number of H-pyrrole nitrogens is 1. The molecule has 2 aromatic carbocycles. The molecule has 0 bridgehead atoms. The lowest BCUT2D eigenvalue weighted by molar-refractivity contribution is -0.137. The van der Waals surface area contributed by atoms with Gasteiger partial charge in [0, 0.05) is 17.5 Å². The highest BCUT2D eigenvalue weighted by Gasteiger charge is 2.47. The van der Waals surface area contributed by atoms with Crippen molar-refractivity contribution in [3.63, 3.8) is 0 Å². The van der Waals surface area contributed by atoms with Gasteiger partial charge in [0.15, 0.2) is 0 Å². The van der Waals surface area contributed by atoms with Gasteiger partial charge in [-0.15, -0.1) is 0 Å². The monoisotopic (exact) mass is 728 g/mol. The summed E-state index contributed by atoms with van der Waals surface area (Å²) in [5.41, 5.74) is -1.79. The molecule has 278 valence electrons. The molecule has 1 aliphatic carbocycles. The van der Waals surface area contributed by atoms with Gasteiger partial charge in [-0.25, -0.2) is 9.18 Å². The minimum atomic E-state index is -4.66. The second-order valence-electron chi connectivity index (χ2n) is 13.4. The van der Waals surface area contributed by atoms with Gasteiger partial charge in [0.2, 0.25) is 23.6 Å². The number of carbonyl (C=O) groups excluding carboxylic acids is 3. The number of aromatic carboxylic acids is 1. The number of nitrogens with zero attached hydrogens (tertiary/aromatic N) is 2. The summed E-state index contributed by atoms with van der Waals surface area (Å²) in [5, 5.41) is 21.5. The molecule has 12 nitrogen and oxygen atoms in total. The molecule has 4 aromatic rings. The molecule has 52 heavy (non-hydrogen) atoms. The molecule has 0 aliphatic heterocycles. The molecule has 0 radical (unpaired) electrons. The molecule has 0 saturated carbocycles. The smallest absolute Gasteiger partial charge is 0.418 e. The number of benzene rings is 2. The Kier molecular flexibility index (Phi) is 11.1. The lowest BCUT2D eigenvalue weighted by Crippen LogP contribution is -2.65. The summed E-state index contributed by atoms with van der Waals surface area (Å²) in [5.74, 6) is -5.74. The van der Waals surface area contributed by atoms with Gasteiger partial charge in [-0.3, -0.25) is 14.4 Å². The quantitative estimate of drug-likeness (QED) is 0.113. The Morgan fingerprint density at radius 1 is 1.02 bits per heavy atom. The van der Waals surface area contributed by atoms with Crippen molar-refractivity contribution in [2.45, 2.75) is 90.0 Å². The predicted octanol–water partition coefficient (Wildman–Crippen LogP) is 5.43. The highest BCUT2D eigenvalue weighted by Crippen LogP contribution is 2.40. The van der Waals surface area contributed by atoms with E-state index in [1.54, 1.807) is 26.8 Å². The van der Waals surface area contributed by atoms with Crippen molar-refractivity contribution < 1.29 is 46.4 Å². The molecule has 2 aromatic heterocycles. The first kappa shape index (κ1) is 38.0. The van der Waals surface area contributed by atoms with E-state index in [0.29, 0.717) is 24.1 Å². The molecule has 1 aliphatic rings. The fraction of sp³-hybridized carbons (Fsp3) is 0.444. The number of fused-ring (bicyclic) bond motifs is 3. The van der Waals surface area contributed by atoms with Crippen LogP contribution < -0.4 is 16.0 Å². The minimum absolute atomic E-state index is 0.0560. The first-order valence-electron chi connectivity index (χ1n) is 17.0. The normalized spacial score (nSPS) is 18.2. The van der Waals surface area contributed by atoms with Gasteiger partial charge in [-0.1, -0.05) is 70.9 Å². The van der Waals surface area contributed by atoms with Crippen molar-refractivity contribution in [1.82, 2.24) is 31.1 Å². The van der Waals surface area contributed by atoms with Crippen LogP contribution in [0.2, 0.25) is 0 Å². The standard InChI is InChI=1S/C36H40F4N6O6/c1-5-18(3)27(42-26(47)16-20-10-7-8-13-24(20)37)31(48)45-35(34(51)43-28(19(4)6-2)32-44-30(33(49)50)46-52-32)15-14-25-22(17-35)21-11-9-12-23(29(21)41-25)36(38,39)40/h7-13,18-19,27-28,41H,5-6,14-17H2,1-4H3,(H,42,47)(H,43,51)(H,45,48)(H,49,50)/t18?,19?,27?,28-,35?/m0/s1. The number of aromatic amines is 1. The maximum Gasteiger partial charge on any atom is 0.418 e. The summed E-state index contributed by atoms with van der Waals surface area (Å²) in [6.07, 6.45) is -4.31. The summed E-state index contributed by atoms with van der Waals surface area (Å²) in [4.78, 5) is 60.3. The van der Waals surface area contributed by atoms with Crippen LogP contribution in [0.4, 0.5) is 17.6 Å². The summed E-state index contributed by atoms with van der Waals surface area (Å²) >= 11 is 0. The van der Waals surface area contributed by atoms with E-state index in [4.69, 9.17) is 4.52 Å². The van der Waals surface area contributed by atoms with Gasteiger partial charge in [-0.2, -0.15) is 18.2 Å². The number of carbonyl (C=O) groups is 4. The third kappa shape index (κ3) is 7.79. The number of hydrogen-bond acceptors (Lipinski definition) is 7. The number of aryl methyl sites for hydroxylation is 1. The van der Waals surface area contributed by atoms with E-state index in [0.717, 1.165) is 6.07 Å². The summed E-state index contributed by atoms with van der Waals surface area (Å²) in [6.45, 7) is 7.13. The number of carboxylic acid groups (broad SMARTS) is 1. The van der Waals surface area contributed by atoms with E-state index in [1.807, 2.05) is 6.92 Å². The van der Waals surface area contributed by atoms with Crippen LogP contribution in [0.1, 0.15) is 91.9 Å². The summed E-state index contributed by atoms with van der Waals surface area (Å²) in [6, 6.07) is 7.30. The Balaban J connectivity index is 1.53. The molecule has 5 atom stereocenters. The number of rotatable bonds is 13. The van der Waals surface area contributed by atoms with Crippen LogP contribution >= 0.6 is 0 Å². The zero-order valence-corrected chi connectivity index (χ0v) is 29.0. The zero-order chi connectivity index (χ0) is 38.0. The highest BCUT2D eigenvalue weighted by molar-refractivity contribution is 5.97. The number of para-hydroxylation sites is 1. The molecule has 5 N–H and O–H groups in total. The first-order chi connectivity index (χ1) is 24.6. The average molecular weight is 729 g/mol. The summed E-state index contributed by atoms with van der Waals surface area (Å²) < 4.78 is 61.6. The molecule has 0 fully saturated rings. The fourth-order valence-corrected chi connectivity index (χ4v) is 6.53. The summed E-state index contributed by atoms with van der Waals surface area (Å²) in [7, 11) is 0. The third-order valence-corrected chi connectivity index (χ3v) is 9.93. The Morgan fingerprint density at radius 2 is 1.73 bits per heavy atom. The second-order valence-corrected chi connectivity index (χ2v) is 13.4. The molecule has 2 heterocycles. The van der Waals surface area contributed by atoms with Crippen molar-refractivity contribution in [2.24, 2.45) is 11.8 Å². The molecule has 4 unspecified atom stereocenters. The van der Waals surface area contributed by atoms with E-state index in [2.05, 4.69) is 31.1 Å². The van der Waals surface area contributed by atoms with Crippen LogP contribution in [0, 0.1) is 17.7 Å². The van der Waals surface area contributed by atoms with E-state index >= 15 is 0 Å². The third-order valence-electron chi connectivity index (χ3n) is 9.93. The predicted molar refractivity (Wildman–Crippen MR) is 179 cm³/mol. The number of alkyl halides is 3. The highest BCUT2D eigenvalue weighted by atomic mass is 19.4.